The third-order valence-electron chi connectivity index (χ3n) is 5.08. The van der Waals surface area contributed by atoms with E-state index >= 15 is 0 Å². The minimum absolute atomic E-state index is 0.946. The molecule has 0 radical (unpaired) electrons. The summed E-state index contributed by atoms with van der Waals surface area (Å²) < 4.78 is 2.10. The van der Waals surface area contributed by atoms with E-state index in [0.717, 1.165) is 16.7 Å². The quantitative estimate of drug-likeness (QED) is 0.354. The van der Waals surface area contributed by atoms with Gasteiger partial charge in [-0.15, -0.1) is 0 Å². The van der Waals surface area contributed by atoms with Crippen molar-refractivity contribution in [3.05, 3.63) is 79.3 Å². The molecule has 25 heavy (non-hydrogen) atoms. The zero-order chi connectivity index (χ0) is 16.4. The van der Waals surface area contributed by atoms with Crippen LogP contribution in [0.1, 0.15) is 0 Å². The van der Waals surface area contributed by atoms with E-state index < -0.39 is 0 Å². The number of rotatable bonds is 0. The van der Waals surface area contributed by atoms with Gasteiger partial charge in [0.15, 0.2) is 0 Å². The van der Waals surface area contributed by atoms with Crippen LogP contribution in [-0.2, 0) is 0 Å². The topological polar surface area (TPSA) is 30.2 Å². The van der Waals surface area contributed by atoms with Crippen molar-refractivity contribution in [2.45, 2.75) is 0 Å². The Balaban J connectivity index is 2.06. The first-order valence-electron chi connectivity index (χ1n) is 8.36. The number of pyridine rings is 2. The van der Waals surface area contributed by atoms with Crippen molar-refractivity contribution in [2.75, 3.05) is 0 Å². The molecule has 3 aromatic heterocycles. The van der Waals surface area contributed by atoms with Crippen molar-refractivity contribution in [3.63, 3.8) is 0 Å². The SMILES string of the molecule is c1ccc2c(c1)ccc1ccc3c4cccnc4n4ccnc4c3c12. The highest BCUT2D eigenvalue weighted by atomic mass is 15.0. The molecular formula is C22H13N3. The number of hydrogen-bond acceptors (Lipinski definition) is 2. The predicted molar refractivity (Wildman–Crippen MR) is 103 cm³/mol. The van der Waals surface area contributed by atoms with E-state index in [1.807, 2.05) is 24.7 Å². The molecule has 0 aliphatic carbocycles. The molecule has 0 N–H and O–H groups in total. The predicted octanol–water partition coefficient (Wildman–Crippen LogP) is 5.34. The summed E-state index contributed by atoms with van der Waals surface area (Å²) in [5.74, 6) is 0. The second kappa shape index (κ2) is 4.54. The monoisotopic (exact) mass is 319 g/mol. The first-order chi connectivity index (χ1) is 12.4. The number of aromatic nitrogens is 3. The molecule has 0 bridgehead atoms. The van der Waals surface area contributed by atoms with E-state index in [9.17, 15) is 0 Å². The molecule has 0 spiro atoms. The molecule has 6 aromatic rings. The van der Waals surface area contributed by atoms with Gasteiger partial charge in [0.05, 0.1) is 0 Å². The molecule has 0 atom stereocenters. The molecule has 6 rings (SSSR count). The molecule has 116 valence electrons. The van der Waals surface area contributed by atoms with E-state index in [1.165, 1.54) is 32.3 Å². The molecule has 0 fully saturated rings. The summed E-state index contributed by atoms with van der Waals surface area (Å²) >= 11 is 0. The smallest absolute Gasteiger partial charge is 0.146 e. The van der Waals surface area contributed by atoms with Crippen LogP contribution in [0.25, 0.3) is 49.0 Å². The van der Waals surface area contributed by atoms with Gasteiger partial charge < -0.3 is 0 Å². The van der Waals surface area contributed by atoms with Gasteiger partial charge in [-0.1, -0.05) is 48.5 Å². The van der Waals surface area contributed by atoms with Crippen molar-refractivity contribution in [1.82, 2.24) is 14.4 Å². The molecule has 0 aliphatic rings. The zero-order valence-electron chi connectivity index (χ0n) is 13.3. The first kappa shape index (κ1) is 12.9. The Bertz CT molecular complexity index is 1440. The Morgan fingerprint density at radius 2 is 1.36 bits per heavy atom. The zero-order valence-corrected chi connectivity index (χ0v) is 13.3. The van der Waals surface area contributed by atoms with Crippen molar-refractivity contribution in [1.29, 1.82) is 0 Å². The normalized spacial score (nSPS) is 12.0. The van der Waals surface area contributed by atoms with Crippen LogP contribution in [0.4, 0.5) is 0 Å². The lowest BCUT2D eigenvalue weighted by Crippen LogP contribution is -1.93. The average Bonchev–Trinajstić information content (AvgIpc) is 3.17. The number of benzene rings is 3. The van der Waals surface area contributed by atoms with Crippen molar-refractivity contribution in [3.8, 4) is 0 Å². The van der Waals surface area contributed by atoms with Crippen molar-refractivity contribution >= 4 is 49.0 Å². The number of imidazole rings is 1. The lowest BCUT2D eigenvalue weighted by molar-refractivity contribution is 1.20. The van der Waals surface area contributed by atoms with Gasteiger partial charge in [-0.2, -0.15) is 0 Å². The highest BCUT2D eigenvalue weighted by Gasteiger charge is 2.14. The molecule has 0 amide bonds. The summed E-state index contributed by atoms with van der Waals surface area (Å²) in [5.41, 5.74) is 1.91. The first-order valence-corrected chi connectivity index (χ1v) is 8.36. The fourth-order valence-electron chi connectivity index (χ4n) is 4.01. The van der Waals surface area contributed by atoms with Gasteiger partial charge in [-0.25, -0.2) is 9.97 Å². The molecule has 3 nitrogen and oxygen atoms in total. The maximum Gasteiger partial charge on any atom is 0.146 e. The molecule has 0 saturated carbocycles. The molecule has 3 heterocycles. The van der Waals surface area contributed by atoms with E-state index in [0.29, 0.717) is 0 Å². The van der Waals surface area contributed by atoms with Crippen LogP contribution in [0, 0.1) is 0 Å². The largest absolute Gasteiger partial charge is 0.283 e. The summed E-state index contributed by atoms with van der Waals surface area (Å²) in [6.45, 7) is 0. The van der Waals surface area contributed by atoms with E-state index in [2.05, 4.69) is 69.0 Å². The van der Waals surface area contributed by atoms with Crippen molar-refractivity contribution < 1.29 is 0 Å². The Hall–Kier alpha value is -3.46. The molecular weight excluding hydrogens is 306 g/mol. The third-order valence-corrected chi connectivity index (χ3v) is 5.08. The lowest BCUT2D eigenvalue weighted by Gasteiger charge is -2.12. The van der Waals surface area contributed by atoms with E-state index in [4.69, 9.17) is 0 Å². The second-order valence-electron chi connectivity index (χ2n) is 6.37. The van der Waals surface area contributed by atoms with E-state index in [-0.39, 0.29) is 0 Å². The molecule has 0 unspecified atom stereocenters. The van der Waals surface area contributed by atoms with Crippen LogP contribution in [0.2, 0.25) is 0 Å². The fraction of sp³-hybridized carbons (Fsp3) is 0. The summed E-state index contributed by atoms with van der Waals surface area (Å²) in [5, 5.41) is 8.55. The number of fused-ring (bicyclic) bond motifs is 10. The lowest BCUT2D eigenvalue weighted by atomic mass is 9.96. The van der Waals surface area contributed by atoms with Crippen molar-refractivity contribution in [2.24, 2.45) is 0 Å². The van der Waals surface area contributed by atoms with Gasteiger partial charge in [0.25, 0.3) is 0 Å². The van der Waals surface area contributed by atoms with Gasteiger partial charge in [0, 0.05) is 34.7 Å². The second-order valence-corrected chi connectivity index (χ2v) is 6.37. The Morgan fingerprint density at radius 3 is 2.36 bits per heavy atom. The van der Waals surface area contributed by atoms with Crippen LogP contribution >= 0.6 is 0 Å². The standard InChI is InChI=1S/C22H13N3/c1-2-5-16-14(4-1)7-8-15-9-10-17-18-6-3-11-23-21(18)25-13-12-24-22(25)20(17)19(15)16/h1-13H. The van der Waals surface area contributed by atoms with Gasteiger partial charge in [-0.05, 0) is 33.7 Å². The van der Waals surface area contributed by atoms with Gasteiger partial charge in [-0.3, -0.25) is 4.40 Å². The van der Waals surface area contributed by atoms with Crippen LogP contribution < -0.4 is 0 Å². The van der Waals surface area contributed by atoms with Gasteiger partial charge in [0.1, 0.15) is 11.3 Å². The highest BCUT2D eigenvalue weighted by Crippen LogP contribution is 2.37. The molecule has 3 heteroatoms. The molecule has 0 aliphatic heterocycles. The molecule has 3 aromatic carbocycles. The maximum atomic E-state index is 4.68. The maximum absolute atomic E-state index is 4.68. The van der Waals surface area contributed by atoms with Crippen LogP contribution in [0.3, 0.4) is 0 Å². The van der Waals surface area contributed by atoms with Crippen LogP contribution in [0.15, 0.2) is 79.3 Å². The minimum atomic E-state index is 0.946. The molecule has 0 saturated heterocycles. The van der Waals surface area contributed by atoms with Gasteiger partial charge >= 0.3 is 0 Å². The summed E-state index contributed by atoms with van der Waals surface area (Å²) in [6, 6.07) is 21.5. The fourth-order valence-corrected chi connectivity index (χ4v) is 4.01. The summed E-state index contributed by atoms with van der Waals surface area (Å²) in [7, 11) is 0. The highest BCUT2D eigenvalue weighted by molar-refractivity contribution is 6.27. The minimum Gasteiger partial charge on any atom is -0.283 e. The van der Waals surface area contributed by atoms with Crippen LogP contribution in [0.5, 0.6) is 0 Å². The Labute approximate surface area is 143 Å². The number of hydrogen-bond donors (Lipinski definition) is 0. The summed E-state index contributed by atoms with van der Waals surface area (Å²) in [4.78, 5) is 9.27. The number of nitrogens with zero attached hydrogens (tertiary/aromatic N) is 3. The van der Waals surface area contributed by atoms with E-state index in [1.54, 1.807) is 0 Å². The average molecular weight is 319 g/mol. The Kier molecular flexibility index (Phi) is 2.35. The Morgan fingerprint density at radius 1 is 0.560 bits per heavy atom. The van der Waals surface area contributed by atoms with Crippen LogP contribution in [-0.4, -0.2) is 14.4 Å². The third kappa shape index (κ3) is 1.59. The van der Waals surface area contributed by atoms with Gasteiger partial charge in [0.2, 0.25) is 0 Å². The summed E-state index contributed by atoms with van der Waals surface area (Å²) in [6.07, 6.45) is 5.69.